The highest BCUT2D eigenvalue weighted by molar-refractivity contribution is 9.10. The zero-order valence-corrected chi connectivity index (χ0v) is 11.2. The van der Waals surface area contributed by atoms with E-state index in [4.69, 9.17) is 9.84 Å². The summed E-state index contributed by atoms with van der Waals surface area (Å²) in [7, 11) is 0. The molecule has 2 rings (SSSR count). The van der Waals surface area contributed by atoms with Crippen molar-refractivity contribution < 1.29 is 14.2 Å². The van der Waals surface area contributed by atoms with Crippen LogP contribution in [0.5, 0.6) is 11.6 Å². The Kier molecular flexibility index (Phi) is 3.93. The van der Waals surface area contributed by atoms with E-state index in [1.165, 1.54) is 12.1 Å². The second-order valence-electron chi connectivity index (χ2n) is 3.82. The largest absolute Gasteiger partial charge is 0.439 e. The average molecular weight is 312 g/mol. The molecular weight excluding hydrogens is 301 g/mol. The molecule has 1 aromatic heterocycles. The van der Waals surface area contributed by atoms with E-state index in [1.54, 1.807) is 25.1 Å². The van der Waals surface area contributed by atoms with Gasteiger partial charge in [0.2, 0.25) is 5.88 Å². The molecule has 0 aliphatic rings. The van der Waals surface area contributed by atoms with Crippen molar-refractivity contribution in [3.05, 3.63) is 51.9 Å². The molecule has 1 N–H and O–H groups in total. The highest BCUT2D eigenvalue weighted by atomic mass is 79.9. The Hall–Kier alpha value is -1.46. The first-order valence-corrected chi connectivity index (χ1v) is 6.08. The van der Waals surface area contributed by atoms with Crippen LogP contribution in [0.2, 0.25) is 0 Å². The van der Waals surface area contributed by atoms with E-state index in [0.717, 1.165) is 5.69 Å². The standard InChI is InChI=1S/C13H11BrFNO2/c1-8-2-9(7-17)3-13(16-8)18-12-5-10(14)4-11(15)6-12/h2-6,17H,7H2,1H3. The van der Waals surface area contributed by atoms with Gasteiger partial charge in [-0.05, 0) is 30.7 Å². The Morgan fingerprint density at radius 3 is 2.72 bits per heavy atom. The summed E-state index contributed by atoms with van der Waals surface area (Å²) >= 11 is 3.19. The van der Waals surface area contributed by atoms with Crippen LogP contribution >= 0.6 is 15.9 Å². The van der Waals surface area contributed by atoms with E-state index in [-0.39, 0.29) is 6.61 Å². The molecule has 0 aliphatic carbocycles. The third-order valence-corrected chi connectivity index (χ3v) is 2.69. The van der Waals surface area contributed by atoms with Gasteiger partial charge in [-0.15, -0.1) is 0 Å². The number of pyridine rings is 1. The van der Waals surface area contributed by atoms with Crippen LogP contribution in [0.1, 0.15) is 11.3 Å². The number of hydrogen-bond donors (Lipinski definition) is 1. The maximum absolute atomic E-state index is 13.2. The number of aliphatic hydroxyl groups is 1. The van der Waals surface area contributed by atoms with Crippen LogP contribution in [0.4, 0.5) is 4.39 Å². The molecule has 0 atom stereocenters. The molecule has 1 aromatic carbocycles. The van der Waals surface area contributed by atoms with Gasteiger partial charge in [0.1, 0.15) is 11.6 Å². The number of halogens is 2. The van der Waals surface area contributed by atoms with E-state index in [1.807, 2.05) is 0 Å². The van der Waals surface area contributed by atoms with Crippen LogP contribution in [-0.4, -0.2) is 10.1 Å². The number of aromatic nitrogens is 1. The van der Waals surface area contributed by atoms with Gasteiger partial charge < -0.3 is 9.84 Å². The molecule has 0 fully saturated rings. The summed E-state index contributed by atoms with van der Waals surface area (Å²) in [6, 6.07) is 7.63. The van der Waals surface area contributed by atoms with Crippen LogP contribution in [0, 0.1) is 12.7 Å². The zero-order valence-electron chi connectivity index (χ0n) is 9.65. The van der Waals surface area contributed by atoms with Crippen molar-refractivity contribution in [2.75, 3.05) is 0 Å². The van der Waals surface area contributed by atoms with E-state index in [9.17, 15) is 4.39 Å². The molecule has 5 heteroatoms. The van der Waals surface area contributed by atoms with E-state index in [0.29, 0.717) is 21.7 Å². The maximum atomic E-state index is 13.2. The van der Waals surface area contributed by atoms with Crippen LogP contribution < -0.4 is 4.74 Å². The van der Waals surface area contributed by atoms with E-state index >= 15 is 0 Å². The molecule has 0 spiro atoms. The monoisotopic (exact) mass is 311 g/mol. The van der Waals surface area contributed by atoms with Gasteiger partial charge in [-0.2, -0.15) is 0 Å². The van der Waals surface area contributed by atoms with Gasteiger partial charge >= 0.3 is 0 Å². The van der Waals surface area contributed by atoms with Crippen molar-refractivity contribution in [2.45, 2.75) is 13.5 Å². The maximum Gasteiger partial charge on any atom is 0.219 e. The first-order chi connectivity index (χ1) is 8.56. The lowest BCUT2D eigenvalue weighted by atomic mass is 10.2. The highest BCUT2D eigenvalue weighted by Crippen LogP contribution is 2.25. The molecular formula is C13H11BrFNO2. The molecule has 2 aromatic rings. The Morgan fingerprint density at radius 2 is 2.06 bits per heavy atom. The summed E-state index contributed by atoms with van der Waals surface area (Å²) in [6.45, 7) is 1.71. The highest BCUT2D eigenvalue weighted by Gasteiger charge is 2.05. The van der Waals surface area contributed by atoms with Crippen molar-refractivity contribution in [2.24, 2.45) is 0 Å². The van der Waals surface area contributed by atoms with E-state index < -0.39 is 5.82 Å². The second-order valence-corrected chi connectivity index (χ2v) is 4.74. The molecule has 0 saturated heterocycles. The van der Waals surface area contributed by atoms with Crippen molar-refractivity contribution in [1.29, 1.82) is 0 Å². The van der Waals surface area contributed by atoms with Gasteiger partial charge in [0.05, 0.1) is 6.61 Å². The number of aliphatic hydroxyl groups excluding tert-OH is 1. The van der Waals surface area contributed by atoms with Crippen LogP contribution in [0.15, 0.2) is 34.8 Å². The fourth-order valence-corrected chi connectivity index (χ4v) is 2.00. The van der Waals surface area contributed by atoms with Gasteiger partial charge in [-0.25, -0.2) is 9.37 Å². The average Bonchev–Trinajstić information content (AvgIpc) is 2.26. The molecule has 0 unspecified atom stereocenters. The summed E-state index contributed by atoms with van der Waals surface area (Å²) in [5.41, 5.74) is 1.43. The third-order valence-electron chi connectivity index (χ3n) is 2.23. The molecule has 0 bridgehead atoms. The predicted octanol–water partition coefficient (Wildman–Crippen LogP) is 3.58. The number of nitrogens with zero attached hydrogens (tertiary/aromatic N) is 1. The summed E-state index contributed by atoms with van der Waals surface area (Å²) in [5.74, 6) is 0.287. The summed E-state index contributed by atoms with van der Waals surface area (Å²) in [4.78, 5) is 4.17. The fraction of sp³-hybridized carbons (Fsp3) is 0.154. The summed E-state index contributed by atoms with van der Waals surface area (Å²) in [6.07, 6.45) is 0. The molecule has 0 saturated carbocycles. The van der Waals surface area contributed by atoms with Gasteiger partial charge in [0.25, 0.3) is 0 Å². The topological polar surface area (TPSA) is 42.4 Å². The lowest BCUT2D eigenvalue weighted by molar-refractivity contribution is 0.281. The van der Waals surface area contributed by atoms with E-state index in [2.05, 4.69) is 20.9 Å². The predicted molar refractivity (Wildman–Crippen MR) is 69.1 cm³/mol. The minimum atomic E-state index is -0.394. The van der Waals surface area contributed by atoms with Crippen LogP contribution in [-0.2, 0) is 6.61 Å². The molecule has 1 heterocycles. The van der Waals surface area contributed by atoms with Crippen molar-refractivity contribution in [3.63, 3.8) is 0 Å². The van der Waals surface area contributed by atoms with Gasteiger partial charge in [-0.1, -0.05) is 15.9 Å². The molecule has 18 heavy (non-hydrogen) atoms. The van der Waals surface area contributed by atoms with Gasteiger partial charge in [0.15, 0.2) is 0 Å². The fourth-order valence-electron chi connectivity index (χ4n) is 1.56. The Labute approximate surface area is 112 Å². The Bertz CT molecular complexity index is 555. The van der Waals surface area contributed by atoms with Gasteiger partial charge in [0, 0.05) is 22.3 Å². The zero-order chi connectivity index (χ0) is 13.1. The lowest BCUT2D eigenvalue weighted by Gasteiger charge is -2.08. The SMILES string of the molecule is Cc1cc(CO)cc(Oc2cc(F)cc(Br)c2)n1. The van der Waals surface area contributed by atoms with Crippen LogP contribution in [0.25, 0.3) is 0 Å². The molecule has 0 aliphatic heterocycles. The quantitative estimate of drug-likeness (QED) is 0.942. The Morgan fingerprint density at radius 1 is 1.28 bits per heavy atom. The number of benzene rings is 1. The molecule has 0 amide bonds. The summed E-state index contributed by atoms with van der Waals surface area (Å²) < 4.78 is 19.2. The second kappa shape index (κ2) is 5.46. The first-order valence-electron chi connectivity index (χ1n) is 5.29. The number of hydrogen-bond acceptors (Lipinski definition) is 3. The lowest BCUT2D eigenvalue weighted by Crippen LogP contribution is -1.94. The minimum Gasteiger partial charge on any atom is -0.439 e. The molecule has 94 valence electrons. The van der Waals surface area contributed by atoms with Crippen molar-refractivity contribution in [1.82, 2.24) is 4.98 Å². The molecule has 3 nitrogen and oxygen atoms in total. The number of aryl methyl sites for hydroxylation is 1. The number of ether oxygens (including phenoxy) is 1. The van der Waals surface area contributed by atoms with Crippen LogP contribution in [0.3, 0.4) is 0 Å². The first kappa shape index (κ1) is 13.0. The van der Waals surface area contributed by atoms with Crippen molar-refractivity contribution in [3.8, 4) is 11.6 Å². The van der Waals surface area contributed by atoms with Crippen molar-refractivity contribution >= 4 is 15.9 Å². The molecule has 0 radical (unpaired) electrons. The normalized spacial score (nSPS) is 10.4. The third kappa shape index (κ3) is 3.27. The van der Waals surface area contributed by atoms with Gasteiger partial charge in [-0.3, -0.25) is 0 Å². The smallest absolute Gasteiger partial charge is 0.219 e. The summed E-state index contributed by atoms with van der Waals surface area (Å²) in [5, 5.41) is 9.09. The number of rotatable bonds is 3. The minimum absolute atomic E-state index is 0.0907. The Balaban J connectivity index is 2.30.